The van der Waals surface area contributed by atoms with Gasteiger partial charge in [0.25, 0.3) is 0 Å². The highest BCUT2D eigenvalue weighted by Gasteiger charge is 2.49. The second-order valence-electron chi connectivity index (χ2n) is 5.66. The van der Waals surface area contributed by atoms with Crippen molar-refractivity contribution in [3.8, 4) is 6.07 Å². The van der Waals surface area contributed by atoms with Crippen LogP contribution in [0.2, 0.25) is 0 Å². The monoisotopic (exact) mass is 219 g/mol. The molecule has 0 N–H and O–H groups in total. The van der Waals surface area contributed by atoms with E-state index in [-0.39, 0.29) is 29.6 Å². The smallest absolute Gasteiger partial charge is 0.311 e. The molecule has 0 radical (unpaired) electrons. The predicted molar refractivity (Wildman–Crippen MR) is 59.2 cm³/mol. The summed E-state index contributed by atoms with van der Waals surface area (Å²) >= 11 is 0. The van der Waals surface area contributed by atoms with Crippen molar-refractivity contribution in [2.45, 2.75) is 32.8 Å². The maximum absolute atomic E-state index is 12.0. The maximum Gasteiger partial charge on any atom is 0.311 e. The van der Waals surface area contributed by atoms with Gasteiger partial charge >= 0.3 is 5.97 Å². The first-order valence-electron chi connectivity index (χ1n) is 5.73. The third-order valence-electron chi connectivity index (χ3n) is 3.29. The summed E-state index contributed by atoms with van der Waals surface area (Å²) in [5.74, 6) is -0.183. The maximum atomic E-state index is 12.0. The van der Waals surface area contributed by atoms with Gasteiger partial charge in [-0.3, -0.25) is 4.79 Å². The average molecular weight is 219 g/mol. The first-order chi connectivity index (χ1) is 7.42. The Hall–Kier alpha value is -1.30. The molecule has 86 valence electrons. The summed E-state index contributed by atoms with van der Waals surface area (Å²) in [6.07, 6.45) is 5.06. The van der Waals surface area contributed by atoms with Crippen molar-refractivity contribution in [2.75, 3.05) is 0 Å². The fourth-order valence-corrected chi connectivity index (χ4v) is 2.69. The van der Waals surface area contributed by atoms with Gasteiger partial charge in [-0.25, -0.2) is 0 Å². The van der Waals surface area contributed by atoms with Crippen LogP contribution in [0, 0.1) is 35.0 Å². The number of nitrogens with zero attached hydrogens (tertiary/aromatic N) is 1. The fourth-order valence-electron chi connectivity index (χ4n) is 2.69. The number of hydrogen-bond acceptors (Lipinski definition) is 3. The minimum absolute atomic E-state index is 0.190. The summed E-state index contributed by atoms with van der Waals surface area (Å²) in [6, 6.07) is 2.26. The molecule has 2 rings (SSSR count). The summed E-state index contributed by atoms with van der Waals surface area (Å²) in [7, 11) is 0. The first kappa shape index (κ1) is 11.2. The summed E-state index contributed by atoms with van der Waals surface area (Å²) in [6.45, 7) is 5.57. The number of carbonyl (C=O) groups is 1. The summed E-state index contributed by atoms with van der Waals surface area (Å²) in [5.41, 5.74) is -0.470. The molecule has 3 nitrogen and oxygen atoms in total. The molecule has 0 aromatic rings. The highest BCUT2D eigenvalue weighted by Crippen LogP contribution is 2.48. The number of fused-ring (bicyclic) bond motifs is 2. The van der Waals surface area contributed by atoms with Gasteiger partial charge in [0.15, 0.2) is 0 Å². The van der Waals surface area contributed by atoms with Crippen LogP contribution >= 0.6 is 0 Å². The van der Waals surface area contributed by atoms with Crippen LogP contribution in [0.3, 0.4) is 0 Å². The van der Waals surface area contributed by atoms with Gasteiger partial charge in [-0.2, -0.15) is 5.26 Å². The molecule has 2 aliphatic rings. The Kier molecular flexibility index (Phi) is 2.53. The Bertz CT molecular complexity index is 372. The van der Waals surface area contributed by atoms with Gasteiger partial charge in [0, 0.05) is 0 Å². The molecule has 16 heavy (non-hydrogen) atoms. The lowest BCUT2D eigenvalue weighted by molar-refractivity contribution is -0.161. The minimum atomic E-state index is -0.470. The van der Waals surface area contributed by atoms with E-state index in [1.165, 1.54) is 0 Å². The number of hydrogen-bond donors (Lipinski definition) is 0. The van der Waals surface area contributed by atoms with E-state index >= 15 is 0 Å². The Balaban J connectivity index is 2.13. The Morgan fingerprint density at radius 2 is 2.00 bits per heavy atom. The zero-order valence-corrected chi connectivity index (χ0v) is 9.93. The van der Waals surface area contributed by atoms with Crippen LogP contribution in [0.15, 0.2) is 12.2 Å². The number of esters is 1. The molecule has 0 heterocycles. The molecule has 0 amide bonds. The SMILES string of the molecule is CC(C)(C)OC(=O)[C@H]1[C@@H](C#N)[C@@H]2C=C[C@H]1C2. The number of ether oxygens (including phenoxy) is 1. The zero-order valence-electron chi connectivity index (χ0n) is 9.93. The van der Waals surface area contributed by atoms with E-state index in [0.717, 1.165) is 6.42 Å². The van der Waals surface area contributed by atoms with E-state index in [1.807, 2.05) is 20.8 Å². The van der Waals surface area contributed by atoms with Crippen molar-refractivity contribution in [1.29, 1.82) is 5.26 Å². The van der Waals surface area contributed by atoms with Crippen LogP contribution in [0.1, 0.15) is 27.2 Å². The lowest BCUT2D eigenvalue weighted by Crippen LogP contribution is -2.34. The highest BCUT2D eigenvalue weighted by molar-refractivity contribution is 5.75. The molecule has 1 fully saturated rings. The third-order valence-corrected chi connectivity index (χ3v) is 3.29. The van der Waals surface area contributed by atoms with Crippen LogP contribution in [0.25, 0.3) is 0 Å². The summed E-state index contributed by atoms with van der Waals surface area (Å²) in [5, 5.41) is 9.11. The highest BCUT2D eigenvalue weighted by atomic mass is 16.6. The predicted octanol–water partition coefficient (Wildman–Crippen LogP) is 2.29. The molecule has 0 unspecified atom stereocenters. The molecule has 3 heteroatoms. The van der Waals surface area contributed by atoms with Gasteiger partial charge in [0.1, 0.15) is 5.60 Å². The normalized spacial score (nSPS) is 36.1. The van der Waals surface area contributed by atoms with Gasteiger partial charge < -0.3 is 4.74 Å². The van der Waals surface area contributed by atoms with E-state index in [2.05, 4.69) is 18.2 Å². The standard InChI is InChI=1S/C13H17NO2/c1-13(2,3)16-12(15)11-9-5-4-8(6-9)10(11)7-14/h4-5,8-11H,6H2,1-3H3/t8-,9+,10+,11-/m1/s1. The van der Waals surface area contributed by atoms with Gasteiger partial charge in [-0.05, 0) is 39.0 Å². The zero-order chi connectivity index (χ0) is 11.9. The van der Waals surface area contributed by atoms with E-state index in [1.54, 1.807) is 0 Å². The van der Waals surface area contributed by atoms with Crippen LogP contribution in [0.4, 0.5) is 0 Å². The molecule has 0 aromatic heterocycles. The van der Waals surface area contributed by atoms with Crippen molar-refractivity contribution < 1.29 is 9.53 Å². The molecule has 1 saturated carbocycles. The average Bonchev–Trinajstić information content (AvgIpc) is 2.72. The molecule has 4 atom stereocenters. The third kappa shape index (κ3) is 1.84. The summed E-state index contributed by atoms with van der Waals surface area (Å²) in [4.78, 5) is 12.0. The topological polar surface area (TPSA) is 50.1 Å². The van der Waals surface area contributed by atoms with E-state index in [9.17, 15) is 4.79 Å². The van der Waals surface area contributed by atoms with Crippen molar-refractivity contribution in [3.63, 3.8) is 0 Å². The van der Waals surface area contributed by atoms with Crippen LogP contribution in [-0.4, -0.2) is 11.6 Å². The second-order valence-corrected chi connectivity index (χ2v) is 5.66. The number of carbonyl (C=O) groups excluding carboxylic acids is 1. The minimum Gasteiger partial charge on any atom is -0.460 e. The summed E-state index contributed by atoms with van der Waals surface area (Å²) < 4.78 is 5.38. The van der Waals surface area contributed by atoms with Gasteiger partial charge in [-0.1, -0.05) is 12.2 Å². The molecule has 0 spiro atoms. The van der Waals surface area contributed by atoms with E-state index < -0.39 is 5.60 Å². The molecule has 2 bridgehead atoms. The van der Waals surface area contributed by atoms with Gasteiger partial charge in [0.05, 0.1) is 17.9 Å². The van der Waals surface area contributed by atoms with E-state index in [4.69, 9.17) is 10.00 Å². The Labute approximate surface area is 96.1 Å². The molecule has 0 saturated heterocycles. The van der Waals surface area contributed by atoms with Crippen LogP contribution in [0.5, 0.6) is 0 Å². The fraction of sp³-hybridized carbons (Fsp3) is 0.692. The van der Waals surface area contributed by atoms with Crippen LogP contribution < -0.4 is 0 Å². The van der Waals surface area contributed by atoms with Crippen molar-refractivity contribution in [3.05, 3.63) is 12.2 Å². The molecule has 0 aromatic carbocycles. The number of rotatable bonds is 1. The van der Waals surface area contributed by atoms with Crippen LogP contribution in [-0.2, 0) is 9.53 Å². The van der Waals surface area contributed by atoms with Gasteiger partial charge in [0.2, 0.25) is 0 Å². The number of nitriles is 1. The lowest BCUT2D eigenvalue weighted by atomic mass is 9.84. The quantitative estimate of drug-likeness (QED) is 0.502. The van der Waals surface area contributed by atoms with Crippen molar-refractivity contribution >= 4 is 5.97 Å². The lowest BCUT2D eigenvalue weighted by Gasteiger charge is -2.26. The molecular formula is C13H17NO2. The molecular weight excluding hydrogens is 202 g/mol. The van der Waals surface area contributed by atoms with Crippen molar-refractivity contribution in [1.82, 2.24) is 0 Å². The molecule has 0 aliphatic heterocycles. The second kappa shape index (κ2) is 3.62. The van der Waals surface area contributed by atoms with Gasteiger partial charge in [-0.15, -0.1) is 0 Å². The largest absolute Gasteiger partial charge is 0.460 e. The number of allylic oxidation sites excluding steroid dienone is 2. The first-order valence-corrected chi connectivity index (χ1v) is 5.73. The Morgan fingerprint density at radius 1 is 1.38 bits per heavy atom. The van der Waals surface area contributed by atoms with Crippen molar-refractivity contribution in [2.24, 2.45) is 23.7 Å². The Morgan fingerprint density at radius 3 is 2.56 bits per heavy atom. The molecule has 2 aliphatic carbocycles. The van der Waals surface area contributed by atoms with E-state index in [0.29, 0.717) is 0 Å².